The third-order valence-corrected chi connectivity index (χ3v) is 4.13. The van der Waals surface area contributed by atoms with Crippen LogP contribution in [0, 0.1) is 5.92 Å². The number of anilines is 1. The van der Waals surface area contributed by atoms with E-state index >= 15 is 0 Å². The summed E-state index contributed by atoms with van der Waals surface area (Å²) in [7, 11) is 0. The molecule has 0 bridgehead atoms. The molecule has 1 unspecified atom stereocenters. The maximum Gasteiger partial charge on any atom is 0.229 e. The first-order valence-corrected chi connectivity index (χ1v) is 7.44. The first-order valence-electron chi connectivity index (χ1n) is 6.65. The van der Waals surface area contributed by atoms with Gasteiger partial charge < -0.3 is 10.2 Å². The highest BCUT2D eigenvalue weighted by Gasteiger charge is 2.39. The molecule has 1 fully saturated rings. The van der Waals surface area contributed by atoms with Crippen molar-refractivity contribution in [3.05, 3.63) is 28.7 Å². The molecule has 2 amide bonds. The second-order valence-electron chi connectivity index (χ2n) is 6.05. The monoisotopic (exact) mass is 338 g/mol. The fraction of sp³-hybridized carbons (Fsp3) is 0.467. The normalized spacial score (nSPS) is 19.3. The van der Waals surface area contributed by atoms with Gasteiger partial charge in [-0.2, -0.15) is 0 Å². The van der Waals surface area contributed by atoms with Crippen molar-refractivity contribution in [1.29, 1.82) is 0 Å². The Morgan fingerprint density at radius 2 is 2.00 bits per heavy atom. The first-order chi connectivity index (χ1) is 9.29. The van der Waals surface area contributed by atoms with E-state index < -0.39 is 0 Å². The number of hydrogen-bond acceptors (Lipinski definition) is 2. The number of hydrogen-bond donors (Lipinski definition) is 1. The number of benzene rings is 1. The van der Waals surface area contributed by atoms with Gasteiger partial charge in [-0.1, -0.05) is 12.1 Å². The van der Waals surface area contributed by atoms with Crippen molar-refractivity contribution in [3.8, 4) is 0 Å². The van der Waals surface area contributed by atoms with Crippen LogP contribution in [0.3, 0.4) is 0 Å². The van der Waals surface area contributed by atoms with Gasteiger partial charge in [-0.15, -0.1) is 0 Å². The van der Waals surface area contributed by atoms with E-state index in [1.54, 1.807) is 4.90 Å². The molecule has 1 aromatic rings. The summed E-state index contributed by atoms with van der Waals surface area (Å²) in [6.45, 7) is 6.44. The molecule has 0 spiro atoms. The van der Waals surface area contributed by atoms with E-state index in [1.165, 1.54) is 0 Å². The van der Waals surface area contributed by atoms with E-state index in [9.17, 15) is 9.59 Å². The number of amides is 2. The molecule has 1 saturated heterocycles. The summed E-state index contributed by atoms with van der Waals surface area (Å²) in [4.78, 5) is 26.0. The molecule has 2 rings (SSSR count). The molecule has 5 heteroatoms. The van der Waals surface area contributed by atoms with E-state index in [0.29, 0.717) is 6.54 Å². The highest BCUT2D eigenvalue weighted by molar-refractivity contribution is 9.10. The number of nitrogens with one attached hydrogen (secondary N) is 1. The van der Waals surface area contributed by atoms with Gasteiger partial charge in [-0.25, -0.2) is 0 Å². The average Bonchev–Trinajstić information content (AvgIpc) is 2.74. The largest absolute Gasteiger partial charge is 0.337 e. The molecule has 1 aliphatic rings. The molecule has 20 heavy (non-hydrogen) atoms. The minimum Gasteiger partial charge on any atom is -0.337 e. The van der Waals surface area contributed by atoms with E-state index in [1.807, 2.05) is 45.0 Å². The summed E-state index contributed by atoms with van der Waals surface area (Å²) < 4.78 is 0.838. The summed E-state index contributed by atoms with van der Waals surface area (Å²) in [5.41, 5.74) is 0.499. The maximum atomic E-state index is 12.3. The van der Waals surface area contributed by atoms with Gasteiger partial charge in [-0.05, 0) is 48.8 Å². The van der Waals surface area contributed by atoms with Crippen LogP contribution in [0.5, 0.6) is 0 Å². The molecule has 0 saturated carbocycles. The van der Waals surface area contributed by atoms with E-state index in [-0.39, 0.29) is 29.7 Å². The van der Waals surface area contributed by atoms with Crippen LogP contribution in [-0.4, -0.2) is 28.8 Å². The Morgan fingerprint density at radius 1 is 1.35 bits per heavy atom. The van der Waals surface area contributed by atoms with Crippen molar-refractivity contribution >= 4 is 33.4 Å². The Labute approximate surface area is 127 Å². The maximum absolute atomic E-state index is 12.3. The van der Waals surface area contributed by atoms with Crippen LogP contribution in [0.4, 0.5) is 5.69 Å². The Hall–Kier alpha value is -1.36. The Morgan fingerprint density at radius 3 is 2.55 bits per heavy atom. The number of para-hydroxylation sites is 1. The third-order valence-electron chi connectivity index (χ3n) is 3.44. The van der Waals surface area contributed by atoms with Crippen LogP contribution in [-0.2, 0) is 9.59 Å². The molecular weight excluding hydrogens is 320 g/mol. The number of carbonyl (C=O) groups excluding carboxylic acids is 2. The average molecular weight is 339 g/mol. The quantitative estimate of drug-likeness (QED) is 0.900. The van der Waals surface area contributed by atoms with Crippen molar-refractivity contribution < 1.29 is 9.59 Å². The fourth-order valence-electron chi connectivity index (χ4n) is 2.33. The van der Waals surface area contributed by atoms with Crippen LogP contribution in [0.15, 0.2) is 28.7 Å². The van der Waals surface area contributed by atoms with Crippen molar-refractivity contribution in [2.75, 3.05) is 11.9 Å². The molecule has 1 atom stereocenters. The lowest BCUT2D eigenvalue weighted by Crippen LogP contribution is -2.42. The Kier molecular flexibility index (Phi) is 4.18. The second-order valence-corrected chi connectivity index (χ2v) is 6.90. The van der Waals surface area contributed by atoms with Crippen LogP contribution >= 0.6 is 15.9 Å². The Balaban J connectivity index is 2.05. The zero-order valence-electron chi connectivity index (χ0n) is 11.9. The summed E-state index contributed by atoms with van der Waals surface area (Å²) in [5, 5.41) is 2.88. The van der Waals surface area contributed by atoms with Crippen molar-refractivity contribution in [2.24, 2.45) is 5.92 Å². The number of likely N-dealkylation sites (tertiary alicyclic amines) is 1. The summed E-state index contributed by atoms with van der Waals surface area (Å²) >= 11 is 3.40. The SMILES string of the molecule is CC(C)(C)N1CC(C(=O)Nc2ccccc2Br)CC1=O. The number of halogens is 1. The molecule has 0 aliphatic carbocycles. The Bertz CT molecular complexity index is 537. The lowest BCUT2D eigenvalue weighted by molar-refractivity contribution is -0.131. The summed E-state index contributed by atoms with van der Waals surface area (Å²) in [6, 6.07) is 7.46. The van der Waals surface area contributed by atoms with Gasteiger partial charge in [0.2, 0.25) is 11.8 Å². The highest BCUT2D eigenvalue weighted by atomic mass is 79.9. The molecule has 4 nitrogen and oxygen atoms in total. The van der Waals surface area contributed by atoms with Gasteiger partial charge in [0.05, 0.1) is 11.6 Å². The molecule has 1 N–H and O–H groups in total. The first kappa shape index (κ1) is 15.0. The lowest BCUT2D eigenvalue weighted by Gasteiger charge is -2.31. The van der Waals surface area contributed by atoms with Gasteiger partial charge in [0.25, 0.3) is 0 Å². The van der Waals surface area contributed by atoms with E-state index in [2.05, 4.69) is 21.2 Å². The lowest BCUT2D eigenvalue weighted by atomic mass is 10.1. The van der Waals surface area contributed by atoms with Gasteiger partial charge in [0.1, 0.15) is 0 Å². The van der Waals surface area contributed by atoms with Gasteiger partial charge in [0.15, 0.2) is 0 Å². The molecule has 1 aromatic carbocycles. The van der Waals surface area contributed by atoms with Gasteiger partial charge in [-0.3, -0.25) is 9.59 Å². The smallest absolute Gasteiger partial charge is 0.229 e. The summed E-state index contributed by atoms with van der Waals surface area (Å²) in [5.74, 6) is -0.337. The minimum atomic E-state index is -0.283. The van der Waals surface area contributed by atoms with Crippen LogP contribution in [0.25, 0.3) is 0 Å². The zero-order valence-corrected chi connectivity index (χ0v) is 13.5. The predicted molar refractivity (Wildman–Crippen MR) is 82.3 cm³/mol. The van der Waals surface area contributed by atoms with Crippen LogP contribution in [0.1, 0.15) is 27.2 Å². The van der Waals surface area contributed by atoms with Crippen LogP contribution in [0.2, 0.25) is 0 Å². The van der Waals surface area contributed by atoms with Gasteiger partial charge >= 0.3 is 0 Å². The topological polar surface area (TPSA) is 49.4 Å². The molecule has 0 radical (unpaired) electrons. The zero-order chi connectivity index (χ0) is 14.9. The standard InChI is InChI=1S/C15H19BrN2O2/c1-15(2,3)18-9-10(8-13(18)19)14(20)17-12-7-5-4-6-11(12)16/h4-7,10H,8-9H2,1-3H3,(H,17,20). The van der Waals surface area contributed by atoms with Gasteiger partial charge in [0, 0.05) is 23.0 Å². The molecule has 1 aliphatic heterocycles. The molecule has 108 valence electrons. The number of rotatable bonds is 2. The van der Waals surface area contributed by atoms with E-state index in [4.69, 9.17) is 0 Å². The molecule has 1 heterocycles. The molecule has 0 aromatic heterocycles. The van der Waals surface area contributed by atoms with Crippen molar-refractivity contribution in [3.63, 3.8) is 0 Å². The van der Waals surface area contributed by atoms with Crippen molar-refractivity contribution in [1.82, 2.24) is 4.90 Å². The summed E-state index contributed by atoms with van der Waals surface area (Å²) in [6.07, 6.45) is 0.285. The second kappa shape index (κ2) is 5.56. The highest BCUT2D eigenvalue weighted by Crippen LogP contribution is 2.28. The minimum absolute atomic E-state index is 0.0461. The van der Waals surface area contributed by atoms with Crippen molar-refractivity contribution in [2.45, 2.75) is 32.7 Å². The third kappa shape index (κ3) is 3.20. The fourth-order valence-corrected chi connectivity index (χ4v) is 2.71. The van der Waals surface area contributed by atoms with Crippen LogP contribution < -0.4 is 5.32 Å². The number of carbonyl (C=O) groups is 2. The predicted octanol–water partition coefficient (Wildman–Crippen LogP) is 3.03. The van der Waals surface area contributed by atoms with E-state index in [0.717, 1.165) is 10.2 Å². The molecular formula is C15H19BrN2O2. The number of nitrogens with zero attached hydrogens (tertiary/aromatic N) is 1.